The molecule has 0 radical (unpaired) electrons. The number of carbonyl (C=O) groups excluding carboxylic acids is 1. The summed E-state index contributed by atoms with van der Waals surface area (Å²) < 4.78 is 27.5. The summed E-state index contributed by atoms with van der Waals surface area (Å²) in [4.78, 5) is 12.5. The minimum atomic E-state index is -3.84. The monoisotopic (exact) mass is 374 g/mol. The zero-order valence-electron chi connectivity index (χ0n) is 15.5. The standard InChI is InChI=1S/C20H26N2O3S/c1-16(2)13-14-21-20(23)15-22(19-12-8-7-9-17(19)3)26(24,25)18-10-5-4-6-11-18/h4-12,16H,13-15H2,1-3H3,(H,21,23). The van der Waals surface area contributed by atoms with E-state index in [-0.39, 0.29) is 17.3 Å². The van der Waals surface area contributed by atoms with Crippen LogP contribution in [-0.4, -0.2) is 27.4 Å². The van der Waals surface area contributed by atoms with Gasteiger partial charge in [0.05, 0.1) is 10.6 Å². The van der Waals surface area contributed by atoms with Gasteiger partial charge in [-0.25, -0.2) is 8.42 Å². The first kappa shape index (κ1) is 20.0. The van der Waals surface area contributed by atoms with Gasteiger partial charge in [-0.15, -0.1) is 0 Å². The maximum atomic E-state index is 13.1. The Balaban J connectivity index is 2.32. The highest BCUT2D eigenvalue weighted by atomic mass is 32.2. The number of carbonyl (C=O) groups is 1. The summed E-state index contributed by atoms with van der Waals surface area (Å²) in [6.45, 7) is 6.26. The van der Waals surface area contributed by atoms with Gasteiger partial charge < -0.3 is 5.32 Å². The van der Waals surface area contributed by atoms with Crippen LogP contribution < -0.4 is 9.62 Å². The van der Waals surface area contributed by atoms with Crippen LogP contribution in [0.3, 0.4) is 0 Å². The van der Waals surface area contributed by atoms with Crippen molar-refractivity contribution >= 4 is 21.6 Å². The zero-order chi connectivity index (χ0) is 19.2. The third-order valence-corrected chi connectivity index (χ3v) is 5.82. The van der Waals surface area contributed by atoms with Gasteiger partial charge in [-0.3, -0.25) is 9.10 Å². The fourth-order valence-corrected chi connectivity index (χ4v) is 4.06. The first-order valence-electron chi connectivity index (χ1n) is 8.72. The van der Waals surface area contributed by atoms with Crippen molar-refractivity contribution in [3.63, 3.8) is 0 Å². The maximum absolute atomic E-state index is 13.1. The third kappa shape index (κ3) is 5.08. The van der Waals surface area contributed by atoms with Gasteiger partial charge in [-0.1, -0.05) is 50.2 Å². The summed E-state index contributed by atoms with van der Waals surface area (Å²) in [6.07, 6.45) is 0.849. The van der Waals surface area contributed by atoms with E-state index in [0.29, 0.717) is 18.2 Å². The van der Waals surface area contributed by atoms with Gasteiger partial charge in [0.15, 0.2) is 0 Å². The molecule has 5 nitrogen and oxygen atoms in total. The van der Waals surface area contributed by atoms with E-state index in [0.717, 1.165) is 12.0 Å². The lowest BCUT2D eigenvalue weighted by Crippen LogP contribution is -2.41. The van der Waals surface area contributed by atoms with Crippen LogP contribution in [0, 0.1) is 12.8 Å². The molecule has 2 aromatic carbocycles. The number of nitrogens with zero attached hydrogens (tertiary/aromatic N) is 1. The van der Waals surface area contributed by atoms with Gasteiger partial charge >= 0.3 is 0 Å². The molecule has 1 amide bonds. The largest absolute Gasteiger partial charge is 0.355 e. The molecule has 140 valence electrons. The van der Waals surface area contributed by atoms with Crippen LogP contribution in [0.4, 0.5) is 5.69 Å². The molecule has 0 heterocycles. The van der Waals surface area contributed by atoms with Crippen LogP contribution in [-0.2, 0) is 14.8 Å². The smallest absolute Gasteiger partial charge is 0.264 e. The van der Waals surface area contributed by atoms with Crippen LogP contribution in [0.2, 0.25) is 0 Å². The van der Waals surface area contributed by atoms with E-state index in [1.807, 2.05) is 19.1 Å². The summed E-state index contributed by atoms with van der Waals surface area (Å²) in [5.41, 5.74) is 1.30. The Labute approximate surface area is 156 Å². The number of rotatable bonds is 8. The Morgan fingerprint density at radius 1 is 1.04 bits per heavy atom. The SMILES string of the molecule is Cc1ccccc1N(CC(=O)NCCC(C)C)S(=O)(=O)c1ccccc1. The molecule has 0 bridgehead atoms. The minimum Gasteiger partial charge on any atom is -0.355 e. The number of hydrogen-bond donors (Lipinski definition) is 1. The first-order chi connectivity index (χ1) is 12.3. The topological polar surface area (TPSA) is 66.5 Å². The van der Waals surface area contributed by atoms with Gasteiger partial charge in [-0.2, -0.15) is 0 Å². The summed E-state index contributed by atoms with van der Waals surface area (Å²) in [5, 5.41) is 2.81. The molecular formula is C20H26N2O3S. The second kappa shape index (κ2) is 8.85. The number of nitrogens with one attached hydrogen (secondary N) is 1. The minimum absolute atomic E-state index is 0.165. The number of sulfonamides is 1. The normalized spacial score (nSPS) is 11.4. The molecule has 0 fully saturated rings. The van der Waals surface area contributed by atoms with E-state index in [1.54, 1.807) is 30.3 Å². The number of anilines is 1. The van der Waals surface area contributed by atoms with Crippen molar-refractivity contribution in [3.8, 4) is 0 Å². The molecule has 0 spiro atoms. The molecule has 2 aromatic rings. The molecular weight excluding hydrogens is 348 g/mol. The van der Waals surface area contributed by atoms with Crippen molar-refractivity contribution in [2.24, 2.45) is 5.92 Å². The van der Waals surface area contributed by atoms with Crippen LogP contribution in [0.15, 0.2) is 59.5 Å². The highest BCUT2D eigenvalue weighted by Crippen LogP contribution is 2.26. The van der Waals surface area contributed by atoms with E-state index in [1.165, 1.54) is 16.4 Å². The quantitative estimate of drug-likeness (QED) is 0.770. The van der Waals surface area contributed by atoms with Gasteiger partial charge in [0.2, 0.25) is 5.91 Å². The summed E-state index contributed by atoms with van der Waals surface area (Å²) in [7, 11) is -3.84. The molecule has 6 heteroatoms. The zero-order valence-corrected chi connectivity index (χ0v) is 16.3. The molecule has 0 atom stereocenters. The van der Waals surface area contributed by atoms with Crippen LogP contribution in [0.5, 0.6) is 0 Å². The number of amides is 1. The fraction of sp³-hybridized carbons (Fsp3) is 0.350. The maximum Gasteiger partial charge on any atom is 0.264 e. The summed E-state index contributed by atoms with van der Waals surface area (Å²) in [5.74, 6) is 0.157. The van der Waals surface area contributed by atoms with Crippen molar-refractivity contribution in [1.82, 2.24) is 5.32 Å². The van der Waals surface area contributed by atoms with E-state index >= 15 is 0 Å². The molecule has 0 unspecified atom stereocenters. The predicted molar refractivity (Wildman–Crippen MR) is 105 cm³/mol. The lowest BCUT2D eigenvalue weighted by molar-refractivity contribution is -0.119. The Bertz CT molecular complexity index is 833. The van der Waals surface area contributed by atoms with E-state index in [9.17, 15) is 13.2 Å². The predicted octanol–water partition coefficient (Wildman–Crippen LogP) is 3.35. The van der Waals surface area contributed by atoms with Crippen LogP contribution >= 0.6 is 0 Å². The van der Waals surface area contributed by atoms with Gasteiger partial charge in [0, 0.05) is 6.54 Å². The Hall–Kier alpha value is -2.34. The average Bonchev–Trinajstić information content (AvgIpc) is 2.61. The van der Waals surface area contributed by atoms with Crippen molar-refractivity contribution in [2.75, 3.05) is 17.4 Å². The second-order valence-corrected chi connectivity index (χ2v) is 8.51. The number of aryl methyl sites for hydroxylation is 1. The van der Waals surface area contributed by atoms with E-state index < -0.39 is 10.0 Å². The van der Waals surface area contributed by atoms with E-state index in [4.69, 9.17) is 0 Å². The molecule has 0 aliphatic carbocycles. The summed E-state index contributed by atoms with van der Waals surface area (Å²) >= 11 is 0. The lowest BCUT2D eigenvalue weighted by atomic mass is 10.1. The molecule has 0 aliphatic rings. The molecule has 2 rings (SSSR count). The van der Waals surface area contributed by atoms with Crippen LogP contribution in [0.25, 0.3) is 0 Å². The number of para-hydroxylation sites is 1. The van der Waals surface area contributed by atoms with Crippen molar-refractivity contribution in [3.05, 3.63) is 60.2 Å². The van der Waals surface area contributed by atoms with Crippen molar-refractivity contribution in [2.45, 2.75) is 32.1 Å². The third-order valence-electron chi connectivity index (χ3n) is 4.05. The van der Waals surface area contributed by atoms with Gasteiger partial charge in [0.25, 0.3) is 10.0 Å². The highest BCUT2D eigenvalue weighted by molar-refractivity contribution is 7.92. The Morgan fingerprint density at radius 3 is 2.27 bits per heavy atom. The second-order valence-electron chi connectivity index (χ2n) is 6.64. The van der Waals surface area contributed by atoms with Crippen molar-refractivity contribution in [1.29, 1.82) is 0 Å². The van der Waals surface area contributed by atoms with Crippen LogP contribution in [0.1, 0.15) is 25.8 Å². The lowest BCUT2D eigenvalue weighted by Gasteiger charge is -2.25. The number of hydrogen-bond acceptors (Lipinski definition) is 3. The highest BCUT2D eigenvalue weighted by Gasteiger charge is 2.27. The van der Waals surface area contributed by atoms with Crippen molar-refractivity contribution < 1.29 is 13.2 Å². The van der Waals surface area contributed by atoms with E-state index in [2.05, 4.69) is 19.2 Å². The number of benzene rings is 2. The molecule has 0 saturated heterocycles. The molecule has 0 aliphatic heterocycles. The van der Waals surface area contributed by atoms with Gasteiger partial charge in [-0.05, 0) is 43.0 Å². The molecule has 0 saturated carbocycles. The van der Waals surface area contributed by atoms with Gasteiger partial charge in [0.1, 0.15) is 6.54 Å². The first-order valence-corrected chi connectivity index (χ1v) is 10.2. The summed E-state index contributed by atoms with van der Waals surface area (Å²) in [6, 6.07) is 15.3. The molecule has 26 heavy (non-hydrogen) atoms. The Morgan fingerprint density at radius 2 is 1.65 bits per heavy atom. The molecule has 0 aromatic heterocycles. The fourth-order valence-electron chi connectivity index (χ4n) is 2.55. The average molecular weight is 375 g/mol. The Kier molecular flexibility index (Phi) is 6.80. The molecule has 1 N–H and O–H groups in total.